The van der Waals surface area contributed by atoms with Crippen LogP contribution in [0.4, 0.5) is 5.69 Å². The summed E-state index contributed by atoms with van der Waals surface area (Å²) in [7, 11) is 0. The lowest BCUT2D eigenvalue weighted by Gasteiger charge is -1.94. The van der Waals surface area contributed by atoms with Gasteiger partial charge >= 0.3 is 5.69 Å². The van der Waals surface area contributed by atoms with E-state index in [4.69, 9.17) is 0 Å². The van der Waals surface area contributed by atoms with Gasteiger partial charge < -0.3 is 0 Å². The monoisotopic (exact) mass is 297 g/mol. The van der Waals surface area contributed by atoms with E-state index in [-0.39, 0.29) is 5.69 Å². The first-order valence-corrected chi connectivity index (χ1v) is 6.20. The maximum absolute atomic E-state index is 11.9. The molecule has 4 rings (SSSR count). The van der Waals surface area contributed by atoms with Crippen molar-refractivity contribution in [3.05, 3.63) is 51.1 Å². The molecular weight excluding hydrogens is 290 g/mol. The van der Waals surface area contributed by atoms with Crippen molar-refractivity contribution in [2.45, 2.75) is 0 Å². The number of aromatic amines is 2. The molecular formula is C12H7N7O3. The van der Waals surface area contributed by atoms with Gasteiger partial charge in [-0.2, -0.15) is 9.61 Å². The zero-order valence-corrected chi connectivity index (χ0v) is 10.8. The van der Waals surface area contributed by atoms with Crippen LogP contribution in [0.2, 0.25) is 0 Å². The van der Waals surface area contributed by atoms with Gasteiger partial charge in [0, 0.05) is 17.7 Å². The van der Waals surface area contributed by atoms with Gasteiger partial charge in [0.15, 0.2) is 11.5 Å². The number of fused-ring (bicyclic) bond motifs is 3. The number of nitrogens with zero attached hydrogens (tertiary/aromatic N) is 5. The Bertz CT molecular complexity index is 1070. The lowest BCUT2D eigenvalue weighted by molar-refractivity contribution is -0.384. The summed E-state index contributed by atoms with van der Waals surface area (Å²) in [4.78, 5) is 29.0. The number of aromatic nitrogens is 6. The third-order valence-corrected chi connectivity index (χ3v) is 3.25. The molecule has 0 atom stereocenters. The summed E-state index contributed by atoms with van der Waals surface area (Å²) in [5.41, 5.74) is 0.918. The maximum Gasteiger partial charge on any atom is 0.349 e. The number of H-pyrrole nitrogens is 2. The minimum absolute atomic E-state index is 0.0254. The fraction of sp³-hybridized carbons (Fsp3) is 0. The number of benzene rings is 1. The van der Waals surface area contributed by atoms with Gasteiger partial charge in [0.05, 0.1) is 16.5 Å². The average molecular weight is 297 g/mol. The predicted molar refractivity (Wildman–Crippen MR) is 75.3 cm³/mol. The Morgan fingerprint density at radius 1 is 1.23 bits per heavy atom. The highest BCUT2D eigenvalue weighted by atomic mass is 16.6. The first-order valence-electron chi connectivity index (χ1n) is 6.20. The maximum atomic E-state index is 11.9. The molecule has 2 N–H and O–H groups in total. The Morgan fingerprint density at radius 3 is 2.73 bits per heavy atom. The lowest BCUT2D eigenvalue weighted by Crippen LogP contribution is -2.17. The second-order valence-corrected chi connectivity index (χ2v) is 4.56. The van der Waals surface area contributed by atoms with Crippen molar-refractivity contribution in [1.82, 2.24) is 29.8 Å². The Labute approximate surface area is 120 Å². The van der Waals surface area contributed by atoms with Gasteiger partial charge in [0.25, 0.3) is 5.69 Å². The van der Waals surface area contributed by atoms with Crippen LogP contribution in [0.3, 0.4) is 0 Å². The van der Waals surface area contributed by atoms with Crippen molar-refractivity contribution in [1.29, 1.82) is 0 Å². The Balaban J connectivity index is 1.94. The third kappa shape index (κ3) is 1.67. The van der Waals surface area contributed by atoms with Crippen LogP contribution in [0.5, 0.6) is 0 Å². The number of nitro benzene ring substituents is 1. The number of hydrogen-bond donors (Lipinski definition) is 2. The molecule has 0 bridgehead atoms. The van der Waals surface area contributed by atoms with Crippen LogP contribution in [0.1, 0.15) is 0 Å². The Hall–Kier alpha value is -3.56. The summed E-state index contributed by atoms with van der Waals surface area (Å²) < 4.78 is 1.13. The largest absolute Gasteiger partial charge is 0.349 e. The molecule has 0 aliphatic rings. The van der Waals surface area contributed by atoms with Crippen LogP contribution < -0.4 is 5.69 Å². The van der Waals surface area contributed by atoms with E-state index in [1.807, 2.05) is 0 Å². The predicted octanol–water partition coefficient (Wildman–Crippen LogP) is 0.869. The Morgan fingerprint density at radius 2 is 2.00 bits per heavy atom. The molecule has 0 saturated carbocycles. The topological polar surface area (TPSA) is 135 Å². The van der Waals surface area contributed by atoms with Gasteiger partial charge in [0.1, 0.15) is 5.65 Å². The Kier molecular flexibility index (Phi) is 2.34. The molecule has 10 heteroatoms. The summed E-state index contributed by atoms with van der Waals surface area (Å²) in [5.74, 6) is 0.300. The highest BCUT2D eigenvalue weighted by Crippen LogP contribution is 2.21. The van der Waals surface area contributed by atoms with Crippen molar-refractivity contribution in [3.8, 4) is 11.4 Å². The minimum atomic E-state index is -0.486. The number of nitro groups is 1. The fourth-order valence-corrected chi connectivity index (χ4v) is 2.19. The standard InChI is InChI=1S/C12H7N7O3/c20-12-15-10-8(5-13-16-10)11-14-9(17-18(11)12)6-1-3-7(4-2-6)19(21)22/h1-5H,(H2,13,15,16,20). The van der Waals surface area contributed by atoms with Crippen molar-refractivity contribution in [3.63, 3.8) is 0 Å². The van der Waals surface area contributed by atoms with Gasteiger partial charge in [0.2, 0.25) is 0 Å². The first kappa shape index (κ1) is 12.2. The summed E-state index contributed by atoms with van der Waals surface area (Å²) in [6.45, 7) is 0. The van der Waals surface area contributed by atoms with E-state index in [1.165, 1.54) is 30.5 Å². The van der Waals surface area contributed by atoms with Gasteiger partial charge in [-0.3, -0.25) is 20.2 Å². The summed E-state index contributed by atoms with van der Waals surface area (Å²) in [6, 6.07) is 5.79. The molecule has 3 heterocycles. The number of non-ortho nitro benzene ring substituents is 1. The van der Waals surface area contributed by atoms with E-state index in [0.717, 1.165) is 4.52 Å². The molecule has 1 aromatic carbocycles. The quantitative estimate of drug-likeness (QED) is 0.416. The molecule has 0 amide bonds. The van der Waals surface area contributed by atoms with Gasteiger partial charge in [-0.15, -0.1) is 5.10 Å². The molecule has 22 heavy (non-hydrogen) atoms. The molecule has 0 aliphatic heterocycles. The molecule has 0 aliphatic carbocycles. The molecule has 4 aromatic rings. The zero-order valence-electron chi connectivity index (χ0n) is 10.8. The molecule has 0 spiro atoms. The summed E-state index contributed by atoms with van der Waals surface area (Å²) >= 11 is 0. The molecule has 10 nitrogen and oxygen atoms in total. The number of hydrogen-bond acceptors (Lipinski definition) is 6. The molecule has 0 unspecified atom stereocenters. The fourth-order valence-electron chi connectivity index (χ4n) is 2.19. The van der Waals surface area contributed by atoms with Gasteiger partial charge in [-0.1, -0.05) is 0 Å². The highest BCUT2D eigenvalue weighted by molar-refractivity contribution is 5.88. The van der Waals surface area contributed by atoms with Crippen LogP contribution in [0.15, 0.2) is 35.3 Å². The van der Waals surface area contributed by atoms with E-state index in [1.54, 1.807) is 0 Å². The number of rotatable bonds is 2. The zero-order chi connectivity index (χ0) is 15.3. The van der Waals surface area contributed by atoms with Crippen LogP contribution in [-0.2, 0) is 0 Å². The normalized spacial score (nSPS) is 11.3. The van der Waals surface area contributed by atoms with Gasteiger partial charge in [-0.05, 0) is 12.1 Å². The number of nitrogens with one attached hydrogen (secondary N) is 2. The molecule has 0 fully saturated rings. The second-order valence-electron chi connectivity index (χ2n) is 4.56. The lowest BCUT2D eigenvalue weighted by atomic mass is 10.2. The van der Waals surface area contributed by atoms with E-state index in [9.17, 15) is 14.9 Å². The summed E-state index contributed by atoms with van der Waals surface area (Å²) in [6.07, 6.45) is 1.54. The second kappa shape index (κ2) is 4.22. The van der Waals surface area contributed by atoms with E-state index in [0.29, 0.717) is 28.1 Å². The smallest absolute Gasteiger partial charge is 0.290 e. The average Bonchev–Trinajstić information content (AvgIpc) is 3.13. The summed E-state index contributed by atoms with van der Waals surface area (Å²) in [5, 5.41) is 21.9. The molecule has 108 valence electrons. The molecule has 0 radical (unpaired) electrons. The van der Waals surface area contributed by atoms with E-state index >= 15 is 0 Å². The van der Waals surface area contributed by atoms with Crippen LogP contribution >= 0.6 is 0 Å². The van der Waals surface area contributed by atoms with Crippen LogP contribution in [0.25, 0.3) is 28.1 Å². The van der Waals surface area contributed by atoms with E-state index in [2.05, 4.69) is 25.3 Å². The van der Waals surface area contributed by atoms with E-state index < -0.39 is 10.6 Å². The molecule has 3 aromatic heterocycles. The van der Waals surface area contributed by atoms with Gasteiger partial charge in [-0.25, -0.2) is 9.78 Å². The van der Waals surface area contributed by atoms with Crippen molar-refractivity contribution in [2.75, 3.05) is 0 Å². The SMILES string of the molecule is O=c1[nH]c2[nH]ncc2c2nc(-c3ccc([N+](=O)[O-])cc3)nn12. The van der Waals surface area contributed by atoms with Crippen molar-refractivity contribution in [2.24, 2.45) is 0 Å². The van der Waals surface area contributed by atoms with Crippen LogP contribution in [-0.4, -0.2) is 34.7 Å². The third-order valence-electron chi connectivity index (χ3n) is 3.25. The van der Waals surface area contributed by atoms with Crippen molar-refractivity contribution < 1.29 is 4.92 Å². The molecule has 0 saturated heterocycles. The highest BCUT2D eigenvalue weighted by Gasteiger charge is 2.14. The van der Waals surface area contributed by atoms with Crippen molar-refractivity contribution >= 4 is 22.4 Å². The van der Waals surface area contributed by atoms with Crippen LogP contribution in [0, 0.1) is 10.1 Å². The first-order chi connectivity index (χ1) is 10.6. The minimum Gasteiger partial charge on any atom is -0.290 e.